The highest BCUT2D eigenvalue weighted by Gasteiger charge is 2.30. The van der Waals surface area contributed by atoms with Crippen LogP contribution in [0.3, 0.4) is 0 Å². The van der Waals surface area contributed by atoms with Crippen molar-refractivity contribution in [2.75, 3.05) is 12.4 Å². The SMILES string of the molecule is COc1ccc(C)cc1NC(=O)C(Oc1ccc(C#N)cc1)C(=O)c1ccccc1. The molecule has 0 saturated carbocycles. The smallest absolute Gasteiger partial charge is 0.273 e. The number of carbonyl (C=O) groups is 2. The van der Waals surface area contributed by atoms with Crippen LogP contribution in [-0.4, -0.2) is 24.9 Å². The quantitative estimate of drug-likeness (QED) is 0.476. The summed E-state index contributed by atoms with van der Waals surface area (Å²) in [6.45, 7) is 1.88. The van der Waals surface area contributed by atoms with Crippen LogP contribution >= 0.6 is 0 Å². The van der Waals surface area contributed by atoms with Crippen molar-refractivity contribution in [3.05, 3.63) is 89.5 Å². The summed E-state index contributed by atoms with van der Waals surface area (Å²) in [6, 6.07) is 22.0. The van der Waals surface area contributed by atoms with E-state index >= 15 is 0 Å². The Bertz CT molecular complexity index is 1090. The number of anilines is 1. The molecule has 0 heterocycles. The number of benzene rings is 3. The molecule has 0 saturated heterocycles. The number of nitrogens with zero attached hydrogens (tertiary/aromatic N) is 1. The van der Waals surface area contributed by atoms with Crippen LogP contribution in [0.2, 0.25) is 0 Å². The van der Waals surface area contributed by atoms with E-state index in [9.17, 15) is 9.59 Å². The Kier molecular flexibility index (Phi) is 6.46. The van der Waals surface area contributed by atoms with Crippen LogP contribution in [0.5, 0.6) is 11.5 Å². The molecular formula is C24H20N2O4. The van der Waals surface area contributed by atoms with Gasteiger partial charge in [0.05, 0.1) is 24.4 Å². The van der Waals surface area contributed by atoms with Crippen LogP contribution in [-0.2, 0) is 4.79 Å². The molecule has 1 unspecified atom stereocenters. The van der Waals surface area contributed by atoms with Gasteiger partial charge in [-0.3, -0.25) is 9.59 Å². The van der Waals surface area contributed by atoms with Crippen LogP contribution in [0, 0.1) is 18.3 Å². The lowest BCUT2D eigenvalue weighted by Gasteiger charge is -2.19. The summed E-state index contributed by atoms with van der Waals surface area (Å²) in [4.78, 5) is 26.1. The van der Waals surface area contributed by atoms with Gasteiger partial charge in [0, 0.05) is 5.56 Å². The predicted molar refractivity (Wildman–Crippen MR) is 113 cm³/mol. The van der Waals surface area contributed by atoms with Gasteiger partial charge in [-0.2, -0.15) is 5.26 Å². The number of amides is 1. The lowest BCUT2D eigenvalue weighted by atomic mass is 10.1. The zero-order valence-corrected chi connectivity index (χ0v) is 16.6. The average Bonchev–Trinajstić information content (AvgIpc) is 2.78. The number of Topliss-reactive ketones (excluding diaryl/α,β-unsaturated/α-hetero) is 1. The highest BCUT2D eigenvalue weighted by molar-refractivity contribution is 6.16. The number of ketones is 1. The molecule has 0 radical (unpaired) electrons. The first-order valence-electron chi connectivity index (χ1n) is 9.23. The number of hydrogen-bond donors (Lipinski definition) is 1. The maximum absolute atomic E-state index is 13.1. The van der Waals surface area contributed by atoms with Crippen LogP contribution in [0.25, 0.3) is 0 Å². The van der Waals surface area contributed by atoms with E-state index in [0.717, 1.165) is 5.56 Å². The number of ether oxygens (including phenoxy) is 2. The second-order valence-corrected chi connectivity index (χ2v) is 6.56. The molecule has 0 aliphatic heterocycles. The molecule has 30 heavy (non-hydrogen) atoms. The fourth-order valence-corrected chi connectivity index (χ4v) is 2.84. The van der Waals surface area contributed by atoms with E-state index in [0.29, 0.717) is 28.3 Å². The molecule has 0 bridgehead atoms. The first-order chi connectivity index (χ1) is 14.5. The van der Waals surface area contributed by atoms with Gasteiger partial charge in [-0.25, -0.2) is 0 Å². The van der Waals surface area contributed by atoms with Crippen molar-refractivity contribution in [3.8, 4) is 17.6 Å². The topological polar surface area (TPSA) is 88.4 Å². The number of nitriles is 1. The summed E-state index contributed by atoms with van der Waals surface area (Å²) < 4.78 is 11.1. The first kappa shape index (κ1) is 20.6. The Labute approximate surface area is 174 Å². The Hall–Kier alpha value is -4.11. The van der Waals surface area contributed by atoms with E-state index in [4.69, 9.17) is 14.7 Å². The molecular weight excluding hydrogens is 380 g/mol. The second kappa shape index (κ2) is 9.39. The molecule has 0 aliphatic rings. The summed E-state index contributed by atoms with van der Waals surface area (Å²) in [5.74, 6) is -0.339. The lowest BCUT2D eigenvalue weighted by Crippen LogP contribution is -2.40. The fourth-order valence-electron chi connectivity index (χ4n) is 2.84. The number of rotatable bonds is 7. The summed E-state index contributed by atoms with van der Waals surface area (Å²) in [5.41, 5.74) is 2.16. The van der Waals surface area contributed by atoms with E-state index in [1.165, 1.54) is 7.11 Å². The average molecular weight is 400 g/mol. The van der Waals surface area contributed by atoms with E-state index in [2.05, 4.69) is 5.32 Å². The van der Waals surface area contributed by atoms with Crippen molar-refractivity contribution in [2.24, 2.45) is 0 Å². The van der Waals surface area contributed by atoms with Crippen LogP contribution in [0.1, 0.15) is 21.5 Å². The second-order valence-electron chi connectivity index (χ2n) is 6.56. The first-order valence-corrected chi connectivity index (χ1v) is 9.23. The molecule has 0 fully saturated rings. The highest BCUT2D eigenvalue weighted by atomic mass is 16.5. The summed E-state index contributed by atoms with van der Waals surface area (Å²) in [5, 5.41) is 11.7. The molecule has 3 aromatic rings. The molecule has 0 aliphatic carbocycles. The van der Waals surface area contributed by atoms with Crippen molar-refractivity contribution >= 4 is 17.4 Å². The molecule has 1 N–H and O–H groups in total. The minimum absolute atomic E-state index is 0.301. The molecule has 150 valence electrons. The monoisotopic (exact) mass is 400 g/mol. The van der Waals surface area contributed by atoms with Crippen molar-refractivity contribution in [1.29, 1.82) is 5.26 Å². The highest BCUT2D eigenvalue weighted by Crippen LogP contribution is 2.26. The summed E-state index contributed by atoms with van der Waals surface area (Å²) in [6.07, 6.45) is -1.43. The zero-order chi connectivity index (χ0) is 21.5. The van der Waals surface area contributed by atoms with Gasteiger partial charge in [-0.15, -0.1) is 0 Å². The van der Waals surface area contributed by atoms with Crippen LogP contribution < -0.4 is 14.8 Å². The van der Waals surface area contributed by atoms with Gasteiger partial charge in [-0.05, 0) is 48.9 Å². The maximum atomic E-state index is 13.1. The number of aryl methyl sites for hydroxylation is 1. The number of nitrogens with one attached hydrogen (secondary N) is 1. The van der Waals surface area contributed by atoms with Gasteiger partial charge >= 0.3 is 0 Å². The third kappa shape index (κ3) is 4.83. The van der Waals surface area contributed by atoms with Gasteiger partial charge in [0.25, 0.3) is 5.91 Å². The van der Waals surface area contributed by atoms with Gasteiger partial charge in [0.2, 0.25) is 11.9 Å². The Morgan fingerprint density at radius 3 is 2.33 bits per heavy atom. The lowest BCUT2D eigenvalue weighted by molar-refractivity contribution is -0.120. The summed E-state index contributed by atoms with van der Waals surface area (Å²) in [7, 11) is 1.50. The molecule has 6 heteroatoms. The molecule has 3 rings (SSSR count). The number of methoxy groups -OCH3 is 1. The van der Waals surface area contributed by atoms with E-state index in [1.54, 1.807) is 66.7 Å². The maximum Gasteiger partial charge on any atom is 0.273 e. The minimum atomic E-state index is -1.43. The molecule has 1 atom stereocenters. The normalized spacial score (nSPS) is 11.1. The van der Waals surface area contributed by atoms with Crippen LogP contribution in [0.4, 0.5) is 5.69 Å². The Balaban J connectivity index is 1.91. The minimum Gasteiger partial charge on any atom is -0.495 e. The summed E-state index contributed by atoms with van der Waals surface area (Å²) >= 11 is 0. The Morgan fingerprint density at radius 1 is 1.00 bits per heavy atom. The molecule has 3 aromatic carbocycles. The molecule has 0 aromatic heterocycles. The number of hydrogen-bond acceptors (Lipinski definition) is 5. The number of carbonyl (C=O) groups excluding carboxylic acids is 2. The molecule has 1 amide bonds. The van der Waals surface area contributed by atoms with Crippen molar-refractivity contribution in [1.82, 2.24) is 0 Å². The largest absolute Gasteiger partial charge is 0.495 e. The Morgan fingerprint density at radius 2 is 1.70 bits per heavy atom. The van der Waals surface area contributed by atoms with E-state index in [1.807, 2.05) is 19.1 Å². The molecule has 0 spiro atoms. The van der Waals surface area contributed by atoms with Gasteiger partial charge < -0.3 is 14.8 Å². The van der Waals surface area contributed by atoms with Gasteiger partial charge in [0.15, 0.2) is 0 Å². The van der Waals surface area contributed by atoms with E-state index in [-0.39, 0.29) is 0 Å². The van der Waals surface area contributed by atoms with Gasteiger partial charge in [-0.1, -0.05) is 36.4 Å². The third-order valence-electron chi connectivity index (χ3n) is 4.38. The zero-order valence-electron chi connectivity index (χ0n) is 16.6. The predicted octanol–water partition coefficient (Wildman–Crippen LogP) is 4.14. The van der Waals surface area contributed by atoms with Crippen molar-refractivity contribution in [3.63, 3.8) is 0 Å². The molecule has 6 nitrogen and oxygen atoms in total. The van der Waals surface area contributed by atoms with Crippen molar-refractivity contribution in [2.45, 2.75) is 13.0 Å². The van der Waals surface area contributed by atoms with Crippen LogP contribution in [0.15, 0.2) is 72.8 Å². The van der Waals surface area contributed by atoms with Crippen molar-refractivity contribution < 1.29 is 19.1 Å². The van der Waals surface area contributed by atoms with E-state index < -0.39 is 17.8 Å². The standard InChI is InChI=1S/C24H20N2O4/c1-16-8-13-21(29-2)20(14-16)26-24(28)23(22(27)18-6-4-3-5-7-18)30-19-11-9-17(15-25)10-12-19/h3-14,23H,1-2H3,(H,26,28). The fraction of sp³-hybridized carbons (Fsp3) is 0.125. The third-order valence-corrected chi connectivity index (χ3v) is 4.38. The van der Waals surface area contributed by atoms with Gasteiger partial charge in [0.1, 0.15) is 11.5 Å².